The number of hydrogen-bond acceptors (Lipinski definition) is 1. The van der Waals surface area contributed by atoms with Gasteiger partial charge < -0.3 is 0 Å². The van der Waals surface area contributed by atoms with Crippen LogP contribution in [-0.4, -0.2) is 7.28 Å². The first-order valence-corrected chi connectivity index (χ1v) is 9.00. The van der Waals surface area contributed by atoms with Crippen molar-refractivity contribution in [1.29, 1.82) is 0 Å². The quantitative estimate of drug-likeness (QED) is 0.552. The Balaban J connectivity index is 1.91. The molecule has 0 saturated heterocycles. The largest absolute Gasteiger partial charge is 0.158 e. The molecule has 0 N–H and O–H groups in total. The molecule has 0 aliphatic carbocycles. The summed E-state index contributed by atoms with van der Waals surface area (Å²) in [4.78, 5) is 0. The number of benzene rings is 2. The molecule has 1 heterocycles. The van der Waals surface area contributed by atoms with Crippen LogP contribution >= 0.6 is 11.3 Å². The van der Waals surface area contributed by atoms with Crippen molar-refractivity contribution < 1.29 is 0 Å². The van der Waals surface area contributed by atoms with Crippen molar-refractivity contribution in [2.75, 3.05) is 0 Å². The average molecular weight is 308 g/mol. The average Bonchev–Trinajstić information content (AvgIpc) is 2.82. The molecule has 0 amide bonds. The van der Waals surface area contributed by atoms with E-state index in [2.05, 4.69) is 77.1 Å². The second kappa shape index (κ2) is 5.42. The lowest BCUT2D eigenvalue weighted by Crippen LogP contribution is -2.33. The van der Waals surface area contributed by atoms with Gasteiger partial charge in [0, 0.05) is 14.8 Å². The monoisotopic (exact) mass is 308 g/mol. The fourth-order valence-corrected chi connectivity index (χ4v) is 3.85. The Morgan fingerprint density at radius 1 is 0.864 bits per heavy atom. The molecule has 114 valence electrons. The zero-order valence-electron chi connectivity index (χ0n) is 14.4. The van der Waals surface area contributed by atoms with Gasteiger partial charge in [-0.15, -0.1) is 11.3 Å². The van der Waals surface area contributed by atoms with Crippen LogP contribution in [0.25, 0.3) is 20.2 Å². The van der Waals surface area contributed by atoms with E-state index in [9.17, 15) is 0 Å². The summed E-state index contributed by atoms with van der Waals surface area (Å²) in [5, 5.41) is 2.83. The summed E-state index contributed by atoms with van der Waals surface area (Å²) in [7, 11) is 1.16. The molecule has 0 aliphatic heterocycles. The molecule has 0 aliphatic rings. The van der Waals surface area contributed by atoms with E-state index < -0.39 is 0 Å². The van der Waals surface area contributed by atoms with Crippen LogP contribution in [-0.2, 0) is 0 Å². The van der Waals surface area contributed by atoms with Gasteiger partial charge in [-0.25, -0.2) is 0 Å². The van der Waals surface area contributed by atoms with Gasteiger partial charge in [0.15, 0.2) is 7.28 Å². The van der Waals surface area contributed by atoms with Crippen LogP contribution in [0.2, 0.25) is 6.32 Å². The molecule has 22 heavy (non-hydrogen) atoms. The van der Waals surface area contributed by atoms with Crippen LogP contribution < -0.4 is 5.46 Å². The molecule has 3 rings (SSSR count). The Hall–Kier alpha value is -1.28. The van der Waals surface area contributed by atoms with Crippen molar-refractivity contribution in [2.45, 2.75) is 40.9 Å². The third-order valence-corrected chi connectivity index (χ3v) is 6.66. The van der Waals surface area contributed by atoms with E-state index in [0.717, 1.165) is 7.28 Å². The lowest BCUT2D eigenvalue weighted by molar-refractivity contribution is 0.157. The minimum atomic E-state index is 0.339. The highest BCUT2D eigenvalue weighted by molar-refractivity contribution is 7.25. The van der Waals surface area contributed by atoms with Crippen LogP contribution in [0.5, 0.6) is 0 Å². The first-order chi connectivity index (χ1) is 10.3. The van der Waals surface area contributed by atoms with E-state index in [-0.39, 0.29) is 0 Å². The maximum Gasteiger partial charge on any atom is 0.158 e. The zero-order valence-corrected chi connectivity index (χ0v) is 15.2. The summed E-state index contributed by atoms with van der Waals surface area (Å²) < 4.78 is 2.80. The van der Waals surface area contributed by atoms with Crippen molar-refractivity contribution in [2.24, 2.45) is 10.8 Å². The standard InChI is InChI=1S/C20H25BS/c1-19(2,3)20(4,5)13-21-14-10-11-18-16(12-14)15-8-6-7-9-17(15)22-18/h6-12,21H,13H2,1-5H3. The van der Waals surface area contributed by atoms with Crippen LogP contribution in [0, 0.1) is 10.8 Å². The van der Waals surface area contributed by atoms with E-state index >= 15 is 0 Å². The fraction of sp³-hybridized carbons (Fsp3) is 0.400. The van der Waals surface area contributed by atoms with Gasteiger partial charge in [0.25, 0.3) is 0 Å². The van der Waals surface area contributed by atoms with Gasteiger partial charge >= 0.3 is 0 Å². The van der Waals surface area contributed by atoms with Crippen molar-refractivity contribution in [3.63, 3.8) is 0 Å². The molecule has 2 aromatic carbocycles. The van der Waals surface area contributed by atoms with Crippen molar-refractivity contribution in [1.82, 2.24) is 0 Å². The third kappa shape index (κ3) is 2.81. The molecule has 1 aromatic heterocycles. The molecule has 0 saturated carbocycles. The predicted octanol–water partition coefficient (Wildman–Crippen LogP) is 5.61. The van der Waals surface area contributed by atoms with Gasteiger partial charge in [-0.1, -0.05) is 76.7 Å². The SMILES string of the molecule is CC(C)(C)C(C)(C)CBc1ccc2sc3ccccc3c2c1. The summed E-state index contributed by atoms with van der Waals surface area (Å²) in [6.45, 7) is 11.8. The van der Waals surface area contributed by atoms with Crippen LogP contribution in [0.15, 0.2) is 42.5 Å². The fourth-order valence-electron chi connectivity index (χ4n) is 2.76. The molecule has 0 atom stereocenters. The number of hydrogen-bond donors (Lipinski definition) is 0. The topological polar surface area (TPSA) is 0 Å². The summed E-state index contributed by atoms with van der Waals surface area (Å²) in [6, 6.07) is 15.8. The first-order valence-electron chi connectivity index (χ1n) is 8.18. The Labute approximate surface area is 138 Å². The minimum Gasteiger partial charge on any atom is -0.135 e. The molecular weight excluding hydrogens is 283 g/mol. The van der Waals surface area contributed by atoms with Gasteiger partial charge in [-0.3, -0.25) is 0 Å². The van der Waals surface area contributed by atoms with Gasteiger partial charge in [-0.2, -0.15) is 0 Å². The molecule has 0 nitrogen and oxygen atoms in total. The molecule has 0 radical (unpaired) electrons. The van der Waals surface area contributed by atoms with E-state index in [4.69, 9.17) is 0 Å². The lowest BCUT2D eigenvalue weighted by atomic mass is 9.53. The van der Waals surface area contributed by atoms with Gasteiger partial charge in [0.05, 0.1) is 0 Å². The van der Waals surface area contributed by atoms with E-state index in [1.807, 2.05) is 11.3 Å². The van der Waals surface area contributed by atoms with Crippen molar-refractivity contribution in [3.05, 3.63) is 42.5 Å². The van der Waals surface area contributed by atoms with Crippen LogP contribution in [0.3, 0.4) is 0 Å². The van der Waals surface area contributed by atoms with E-state index in [1.54, 1.807) is 0 Å². The maximum absolute atomic E-state index is 2.41. The summed E-state index contributed by atoms with van der Waals surface area (Å²) in [5.41, 5.74) is 2.15. The number of fused-ring (bicyclic) bond motifs is 3. The van der Waals surface area contributed by atoms with E-state index in [1.165, 1.54) is 32.0 Å². The minimum absolute atomic E-state index is 0.339. The lowest BCUT2D eigenvalue weighted by Gasteiger charge is -2.39. The second-order valence-corrected chi connectivity index (χ2v) is 9.15. The third-order valence-electron chi connectivity index (χ3n) is 5.51. The Morgan fingerprint density at radius 3 is 2.27 bits per heavy atom. The molecular formula is C20H25BS. The van der Waals surface area contributed by atoms with Crippen molar-refractivity contribution in [3.8, 4) is 0 Å². The normalized spacial score (nSPS) is 13.0. The smallest absolute Gasteiger partial charge is 0.135 e. The Kier molecular flexibility index (Phi) is 3.85. The highest BCUT2D eigenvalue weighted by Crippen LogP contribution is 2.41. The summed E-state index contributed by atoms with van der Waals surface area (Å²) in [5.74, 6) is 0. The number of rotatable bonds is 3. The highest BCUT2D eigenvalue weighted by atomic mass is 32.1. The molecule has 0 fully saturated rings. The second-order valence-electron chi connectivity index (χ2n) is 8.06. The van der Waals surface area contributed by atoms with Crippen molar-refractivity contribution >= 4 is 44.3 Å². The first kappa shape index (κ1) is 15.6. The number of thiophene rings is 1. The molecule has 0 spiro atoms. The summed E-state index contributed by atoms with van der Waals surface area (Å²) in [6.07, 6.45) is 1.23. The highest BCUT2D eigenvalue weighted by Gasteiger charge is 2.32. The van der Waals surface area contributed by atoms with E-state index in [0.29, 0.717) is 10.8 Å². The van der Waals surface area contributed by atoms with Gasteiger partial charge in [-0.05, 0) is 28.3 Å². The zero-order chi connectivity index (χ0) is 16.0. The van der Waals surface area contributed by atoms with Gasteiger partial charge in [0.1, 0.15) is 0 Å². The summed E-state index contributed by atoms with van der Waals surface area (Å²) >= 11 is 1.90. The van der Waals surface area contributed by atoms with Crippen LogP contribution in [0.1, 0.15) is 34.6 Å². The molecule has 0 unspecified atom stereocenters. The molecule has 2 heteroatoms. The van der Waals surface area contributed by atoms with Gasteiger partial charge in [0.2, 0.25) is 0 Å². The Morgan fingerprint density at radius 2 is 1.55 bits per heavy atom. The predicted molar refractivity (Wildman–Crippen MR) is 104 cm³/mol. The molecule has 3 aromatic rings. The van der Waals surface area contributed by atoms with Crippen LogP contribution in [0.4, 0.5) is 0 Å². The molecule has 0 bridgehead atoms. The maximum atomic E-state index is 2.41. The Bertz CT molecular complexity index is 805.